The molecule has 0 spiro atoms. The summed E-state index contributed by atoms with van der Waals surface area (Å²) >= 11 is 5.19. The minimum atomic E-state index is 0.287. The molecule has 3 heterocycles. The molecule has 4 aromatic rings. The molecule has 0 saturated carbocycles. The molecule has 1 N–H and O–H groups in total. The van der Waals surface area contributed by atoms with Crippen LogP contribution in [0.25, 0.3) is 22.3 Å². The van der Waals surface area contributed by atoms with Crippen molar-refractivity contribution in [1.82, 2.24) is 20.1 Å². The molecule has 0 amide bonds. The summed E-state index contributed by atoms with van der Waals surface area (Å²) in [6.45, 7) is 5.98. The van der Waals surface area contributed by atoms with Gasteiger partial charge in [0.2, 0.25) is 0 Å². The van der Waals surface area contributed by atoms with Crippen LogP contribution >= 0.6 is 27.3 Å². The first kappa shape index (κ1) is 19.3. The molecule has 1 aromatic carbocycles. The summed E-state index contributed by atoms with van der Waals surface area (Å²) in [5, 5.41) is 13.5. The summed E-state index contributed by atoms with van der Waals surface area (Å²) in [7, 11) is 0. The number of thiophene rings is 1. The second-order valence-corrected chi connectivity index (χ2v) is 8.85. The van der Waals surface area contributed by atoms with Crippen LogP contribution in [0.15, 0.2) is 57.8 Å². The normalized spacial score (nSPS) is 11.6. The third-order valence-corrected chi connectivity index (χ3v) is 5.96. The predicted octanol–water partition coefficient (Wildman–Crippen LogP) is 5.84. The Bertz CT molecular complexity index is 1050. The van der Waals surface area contributed by atoms with Gasteiger partial charge in [-0.05, 0) is 67.6 Å². The van der Waals surface area contributed by atoms with Crippen LogP contribution in [0.1, 0.15) is 31.0 Å². The average molecular weight is 455 g/mol. The highest BCUT2D eigenvalue weighted by Gasteiger charge is 2.14. The third kappa shape index (κ3) is 4.19. The molecule has 6 heteroatoms. The van der Waals surface area contributed by atoms with Crippen LogP contribution in [-0.4, -0.2) is 21.3 Å². The molecule has 0 fully saturated rings. The Labute approximate surface area is 177 Å². The van der Waals surface area contributed by atoms with Gasteiger partial charge >= 0.3 is 0 Å². The quantitative estimate of drug-likeness (QED) is 0.356. The second kappa shape index (κ2) is 8.55. The highest BCUT2D eigenvalue weighted by molar-refractivity contribution is 9.10. The first-order valence-corrected chi connectivity index (χ1v) is 11.2. The van der Waals surface area contributed by atoms with Crippen molar-refractivity contribution in [1.29, 1.82) is 0 Å². The zero-order chi connectivity index (χ0) is 19.5. The monoisotopic (exact) mass is 454 g/mol. The molecule has 144 valence electrons. The molecule has 0 atom stereocenters. The topological polar surface area (TPSA) is 42.7 Å². The van der Waals surface area contributed by atoms with Gasteiger partial charge in [0.1, 0.15) is 0 Å². The number of benzene rings is 1. The smallest absolute Gasteiger partial charge is 0.158 e. The first-order valence-electron chi connectivity index (χ1n) is 9.46. The molecule has 0 aliphatic heterocycles. The van der Waals surface area contributed by atoms with Crippen LogP contribution in [0.5, 0.6) is 0 Å². The number of nitrogens with one attached hydrogen (secondary N) is 1. The summed E-state index contributed by atoms with van der Waals surface area (Å²) in [6, 6.07) is 13.2. The number of hydrogen-bond donors (Lipinski definition) is 1. The van der Waals surface area contributed by atoms with Gasteiger partial charge in [0, 0.05) is 33.4 Å². The van der Waals surface area contributed by atoms with Crippen molar-refractivity contribution in [3.63, 3.8) is 0 Å². The Morgan fingerprint density at radius 1 is 1.18 bits per heavy atom. The fourth-order valence-electron chi connectivity index (χ4n) is 3.29. The van der Waals surface area contributed by atoms with E-state index in [1.54, 1.807) is 11.3 Å². The van der Waals surface area contributed by atoms with Crippen LogP contribution in [0, 0.1) is 0 Å². The highest BCUT2D eigenvalue weighted by atomic mass is 79.9. The number of aromatic nitrogens is 3. The van der Waals surface area contributed by atoms with Gasteiger partial charge in [0.05, 0.1) is 11.9 Å². The molecule has 28 heavy (non-hydrogen) atoms. The lowest BCUT2D eigenvalue weighted by Crippen LogP contribution is -2.17. The van der Waals surface area contributed by atoms with Crippen molar-refractivity contribution < 1.29 is 0 Å². The van der Waals surface area contributed by atoms with Gasteiger partial charge in [0.15, 0.2) is 5.65 Å². The fraction of sp³-hybridized carbons (Fsp3) is 0.273. The molecular weight excluding hydrogens is 432 g/mol. The summed E-state index contributed by atoms with van der Waals surface area (Å²) in [5.41, 5.74) is 5.72. The Hall–Kier alpha value is -2.02. The van der Waals surface area contributed by atoms with Crippen molar-refractivity contribution in [2.45, 2.75) is 32.9 Å². The van der Waals surface area contributed by atoms with E-state index in [0.29, 0.717) is 0 Å². The largest absolute Gasteiger partial charge is 0.312 e. The van der Waals surface area contributed by atoms with Gasteiger partial charge in [-0.25, -0.2) is 9.67 Å². The molecule has 0 radical (unpaired) electrons. The zero-order valence-electron chi connectivity index (χ0n) is 16.0. The van der Waals surface area contributed by atoms with Crippen molar-refractivity contribution in [3.05, 3.63) is 69.0 Å². The fourth-order valence-corrected chi connectivity index (χ4v) is 4.19. The van der Waals surface area contributed by atoms with Gasteiger partial charge in [-0.3, -0.25) is 0 Å². The molecule has 4 rings (SSSR count). The lowest BCUT2D eigenvalue weighted by atomic mass is 10.1. The van der Waals surface area contributed by atoms with Gasteiger partial charge in [0.25, 0.3) is 0 Å². The zero-order valence-corrected chi connectivity index (χ0v) is 18.4. The Kier molecular flexibility index (Phi) is 5.90. The predicted molar refractivity (Wildman–Crippen MR) is 121 cm³/mol. The maximum atomic E-state index is 5.01. The average Bonchev–Trinajstić information content (AvgIpc) is 3.35. The maximum Gasteiger partial charge on any atom is 0.158 e. The molecule has 0 unspecified atom stereocenters. The minimum absolute atomic E-state index is 0.287. The number of fused-ring (bicyclic) bond motifs is 1. The van der Waals surface area contributed by atoms with Crippen molar-refractivity contribution in [3.8, 4) is 11.3 Å². The van der Waals surface area contributed by atoms with Crippen LogP contribution < -0.4 is 5.32 Å². The highest BCUT2D eigenvalue weighted by Crippen LogP contribution is 2.28. The van der Waals surface area contributed by atoms with E-state index in [4.69, 9.17) is 4.98 Å². The summed E-state index contributed by atoms with van der Waals surface area (Å²) < 4.78 is 3.11. The first-order chi connectivity index (χ1) is 13.6. The molecule has 3 aromatic heterocycles. The molecule has 4 nitrogen and oxygen atoms in total. The second-order valence-electron chi connectivity index (χ2n) is 7.16. The minimum Gasteiger partial charge on any atom is -0.312 e. The molecular formula is C22H23BrN4S. The van der Waals surface area contributed by atoms with Crippen LogP contribution in [-0.2, 0) is 13.0 Å². The molecule has 0 bridgehead atoms. The lowest BCUT2D eigenvalue weighted by molar-refractivity contribution is 0.546. The van der Waals surface area contributed by atoms with Crippen LogP contribution in [0.4, 0.5) is 0 Å². The Morgan fingerprint density at radius 2 is 2.00 bits per heavy atom. The van der Waals surface area contributed by atoms with Gasteiger partial charge in [-0.1, -0.05) is 28.1 Å². The van der Waals surface area contributed by atoms with Crippen LogP contribution in [0.3, 0.4) is 0 Å². The SMILES string of the molecule is CC(C)n1ncc2cc(CNCCc3ccc(Br)cc3)c(-c3ccsc3)nc21. The maximum absolute atomic E-state index is 5.01. The lowest BCUT2D eigenvalue weighted by Gasteiger charge is -2.12. The number of halogens is 1. The van der Waals surface area contributed by atoms with E-state index in [9.17, 15) is 0 Å². The van der Waals surface area contributed by atoms with E-state index in [1.165, 1.54) is 16.7 Å². The number of nitrogens with zero attached hydrogens (tertiary/aromatic N) is 3. The van der Waals surface area contributed by atoms with E-state index in [0.717, 1.165) is 40.7 Å². The number of pyridine rings is 1. The third-order valence-electron chi connectivity index (χ3n) is 4.75. The van der Waals surface area contributed by atoms with Gasteiger partial charge in [-0.2, -0.15) is 16.4 Å². The Morgan fingerprint density at radius 3 is 2.71 bits per heavy atom. The molecule has 0 aliphatic rings. The van der Waals surface area contributed by atoms with E-state index in [2.05, 4.69) is 87.4 Å². The summed E-state index contributed by atoms with van der Waals surface area (Å²) in [5.74, 6) is 0. The van der Waals surface area contributed by atoms with Crippen molar-refractivity contribution in [2.75, 3.05) is 6.54 Å². The van der Waals surface area contributed by atoms with Crippen LogP contribution in [0.2, 0.25) is 0 Å². The molecule has 0 aliphatic carbocycles. The van der Waals surface area contributed by atoms with E-state index < -0.39 is 0 Å². The Balaban J connectivity index is 1.55. The van der Waals surface area contributed by atoms with Crippen molar-refractivity contribution >= 4 is 38.3 Å². The van der Waals surface area contributed by atoms with Gasteiger partial charge < -0.3 is 5.32 Å². The van der Waals surface area contributed by atoms with E-state index >= 15 is 0 Å². The summed E-state index contributed by atoms with van der Waals surface area (Å²) in [4.78, 5) is 5.01. The molecule has 0 saturated heterocycles. The van der Waals surface area contributed by atoms with E-state index in [-0.39, 0.29) is 6.04 Å². The van der Waals surface area contributed by atoms with Crippen molar-refractivity contribution in [2.24, 2.45) is 0 Å². The standard InChI is InChI=1S/C22H23BrN4S/c1-15(2)27-22-19(13-25-27)11-18(21(26-22)17-8-10-28-14-17)12-24-9-7-16-3-5-20(23)6-4-16/h3-6,8,10-11,13-15,24H,7,9,12H2,1-2H3. The summed E-state index contributed by atoms with van der Waals surface area (Å²) in [6.07, 6.45) is 2.92. The number of hydrogen-bond acceptors (Lipinski definition) is 4. The van der Waals surface area contributed by atoms with E-state index in [1.807, 2.05) is 10.9 Å². The van der Waals surface area contributed by atoms with Gasteiger partial charge in [-0.15, -0.1) is 0 Å². The number of rotatable bonds is 7.